The fourth-order valence-corrected chi connectivity index (χ4v) is 6.23. The second kappa shape index (κ2) is 14.0. The maximum atomic E-state index is 13.3. The first-order valence-corrected chi connectivity index (χ1v) is 15.0. The Morgan fingerprint density at radius 3 is 1.97 bits per heavy atom. The van der Waals surface area contributed by atoms with Crippen molar-refractivity contribution in [3.8, 4) is 0 Å². The molecule has 0 saturated carbocycles. The maximum absolute atomic E-state index is 13.3. The molecular weight excluding hydrogens is 439 g/mol. The summed E-state index contributed by atoms with van der Waals surface area (Å²) in [7, 11) is -4.18. The van der Waals surface area contributed by atoms with Crippen LogP contribution in [0.15, 0.2) is 36.4 Å². The van der Waals surface area contributed by atoms with Crippen molar-refractivity contribution in [2.45, 2.75) is 111 Å². The van der Waals surface area contributed by atoms with Crippen LogP contribution in [0.1, 0.15) is 124 Å². The highest BCUT2D eigenvalue weighted by atomic mass is 31.2. The van der Waals surface area contributed by atoms with E-state index in [4.69, 9.17) is 0 Å². The van der Waals surface area contributed by atoms with Crippen LogP contribution in [-0.4, -0.2) is 10.4 Å². The number of carbonyl (C=O) groups is 1. The molecule has 34 heavy (non-hydrogen) atoms. The summed E-state index contributed by atoms with van der Waals surface area (Å²) in [5.41, 5.74) is 3.68. The van der Waals surface area contributed by atoms with Crippen molar-refractivity contribution in [3.63, 3.8) is 0 Å². The van der Waals surface area contributed by atoms with Gasteiger partial charge in [-0.15, -0.1) is 0 Å². The summed E-state index contributed by atoms with van der Waals surface area (Å²) < 4.78 is 13.3. The Labute approximate surface area is 207 Å². The van der Waals surface area contributed by atoms with Gasteiger partial charge in [-0.05, 0) is 73.4 Å². The summed E-state index contributed by atoms with van der Waals surface area (Å²) in [4.78, 5) is 24.1. The van der Waals surface area contributed by atoms with E-state index >= 15 is 0 Å². The Bertz CT molecular complexity index is 939. The zero-order valence-electron chi connectivity index (χ0n) is 22.0. The smallest absolute Gasteiger partial charge is 0.298 e. The van der Waals surface area contributed by atoms with Crippen molar-refractivity contribution in [2.24, 2.45) is 0 Å². The first-order chi connectivity index (χ1) is 16.2. The van der Waals surface area contributed by atoms with Gasteiger partial charge in [0.05, 0.1) is 0 Å². The van der Waals surface area contributed by atoms with Gasteiger partial charge in [0.1, 0.15) is 0 Å². The van der Waals surface area contributed by atoms with Crippen LogP contribution in [0.4, 0.5) is 0 Å². The van der Waals surface area contributed by atoms with Gasteiger partial charge in [0, 0.05) is 10.9 Å². The molecule has 0 heterocycles. The van der Waals surface area contributed by atoms with Gasteiger partial charge in [0.25, 0.3) is 12.9 Å². The van der Waals surface area contributed by atoms with Crippen LogP contribution in [0.25, 0.3) is 0 Å². The second-order valence-corrected chi connectivity index (χ2v) is 12.1. The van der Waals surface area contributed by atoms with Crippen LogP contribution >= 0.6 is 7.37 Å². The molecule has 0 aromatic heterocycles. The molecule has 1 N–H and O–H groups in total. The molecule has 0 aliphatic carbocycles. The molecule has 4 heteroatoms. The van der Waals surface area contributed by atoms with Gasteiger partial charge < -0.3 is 4.89 Å². The molecule has 0 aliphatic heterocycles. The standard InChI is InChI=1S/C30H45O3P/c1-6-8-10-11-12-14-16-26-21-24(4)29(25(5)22-26)30(31)34(32,33)28-19-17-27(18-20-28)23(3)15-13-9-7-2/h17-23H,6-16H2,1-5H3,(H,32,33). The molecule has 188 valence electrons. The molecule has 0 bridgehead atoms. The molecule has 2 atom stereocenters. The Balaban J connectivity index is 2.10. The van der Waals surface area contributed by atoms with E-state index in [1.807, 2.05) is 38.1 Å². The van der Waals surface area contributed by atoms with Crippen LogP contribution in [0, 0.1) is 13.8 Å². The summed E-state index contributed by atoms with van der Waals surface area (Å²) in [6.07, 6.45) is 13.2. The summed E-state index contributed by atoms with van der Waals surface area (Å²) in [5.74, 6) is 0.401. The predicted octanol–water partition coefficient (Wildman–Crippen LogP) is 8.63. The molecule has 0 saturated heterocycles. The van der Waals surface area contributed by atoms with Crippen molar-refractivity contribution in [2.75, 3.05) is 0 Å². The van der Waals surface area contributed by atoms with Crippen molar-refractivity contribution < 1.29 is 14.3 Å². The van der Waals surface area contributed by atoms with Crippen molar-refractivity contribution in [1.82, 2.24) is 0 Å². The molecule has 0 spiro atoms. The molecule has 2 aromatic carbocycles. The minimum absolute atomic E-state index is 0.219. The Morgan fingerprint density at radius 1 is 0.853 bits per heavy atom. The number of unbranched alkanes of at least 4 members (excludes halogenated alkanes) is 7. The topological polar surface area (TPSA) is 54.4 Å². The van der Waals surface area contributed by atoms with E-state index in [1.54, 1.807) is 12.1 Å². The third-order valence-corrected chi connectivity index (χ3v) is 8.73. The average molecular weight is 485 g/mol. The van der Waals surface area contributed by atoms with Crippen molar-refractivity contribution in [3.05, 3.63) is 64.2 Å². The molecule has 3 nitrogen and oxygen atoms in total. The number of benzene rings is 2. The summed E-state index contributed by atoms with van der Waals surface area (Å²) >= 11 is 0. The van der Waals surface area contributed by atoms with Gasteiger partial charge in [-0.3, -0.25) is 9.36 Å². The third-order valence-electron chi connectivity index (χ3n) is 6.95. The lowest BCUT2D eigenvalue weighted by Crippen LogP contribution is -2.15. The number of carbonyl (C=O) groups excluding carboxylic acids is 1. The molecule has 0 aliphatic rings. The highest BCUT2D eigenvalue weighted by Gasteiger charge is 2.34. The lowest BCUT2D eigenvalue weighted by molar-refractivity contribution is 0.106. The van der Waals surface area contributed by atoms with Gasteiger partial charge in [-0.2, -0.15) is 0 Å². The van der Waals surface area contributed by atoms with Gasteiger partial charge >= 0.3 is 0 Å². The molecule has 0 fully saturated rings. The van der Waals surface area contributed by atoms with Crippen LogP contribution in [-0.2, 0) is 11.0 Å². The van der Waals surface area contributed by atoms with E-state index in [-0.39, 0.29) is 5.30 Å². The van der Waals surface area contributed by atoms with Crippen molar-refractivity contribution >= 4 is 18.2 Å². The number of hydrogen-bond acceptors (Lipinski definition) is 2. The van der Waals surface area contributed by atoms with E-state index in [1.165, 1.54) is 56.9 Å². The zero-order chi connectivity index (χ0) is 25.1. The number of rotatable bonds is 15. The van der Waals surface area contributed by atoms with Gasteiger partial charge in [-0.1, -0.05) is 96.4 Å². The van der Waals surface area contributed by atoms with Crippen LogP contribution < -0.4 is 5.30 Å². The van der Waals surface area contributed by atoms with E-state index in [0.717, 1.165) is 36.0 Å². The van der Waals surface area contributed by atoms with Gasteiger partial charge in [0.15, 0.2) is 0 Å². The summed E-state index contributed by atoms with van der Waals surface area (Å²) in [6, 6.07) is 11.2. The summed E-state index contributed by atoms with van der Waals surface area (Å²) in [5, 5.41) is 0.219. The van der Waals surface area contributed by atoms with Crippen LogP contribution in [0.5, 0.6) is 0 Å². The number of aryl methyl sites for hydroxylation is 3. The number of hydrogen-bond donors (Lipinski definition) is 1. The average Bonchev–Trinajstić information content (AvgIpc) is 2.81. The molecule has 2 unspecified atom stereocenters. The third kappa shape index (κ3) is 7.92. The fourth-order valence-electron chi connectivity index (χ4n) is 4.79. The monoisotopic (exact) mass is 484 g/mol. The highest BCUT2D eigenvalue weighted by molar-refractivity contribution is 7.82. The van der Waals surface area contributed by atoms with E-state index in [0.29, 0.717) is 11.5 Å². The molecular formula is C30H45O3P. The lowest BCUT2D eigenvalue weighted by atomic mass is 9.95. The quantitative estimate of drug-likeness (QED) is 0.203. The molecule has 2 rings (SSSR count). The van der Waals surface area contributed by atoms with Gasteiger partial charge in [-0.25, -0.2) is 0 Å². The first-order valence-electron chi connectivity index (χ1n) is 13.3. The van der Waals surface area contributed by atoms with Crippen LogP contribution in [0.3, 0.4) is 0 Å². The second-order valence-electron chi connectivity index (χ2n) is 9.99. The fraction of sp³-hybridized carbons (Fsp3) is 0.567. The first kappa shape index (κ1) is 28.5. The van der Waals surface area contributed by atoms with E-state index in [2.05, 4.69) is 20.8 Å². The highest BCUT2D eigenvalue weighted by Crippen LogP contribution is 2.45. The predicted molar refractivity (Wildman–Crippen MR) is 146 cm³/mol. The Kier molecular flexibility index (Phi) is 11.8. The maximum Gasteiger partial charge on any atom is 0.298 e. The Hall–Kier alpha value is -1.70. The van der Waals surface area contributed by atoms with E-state index in [9.17, 15) is 14.3 Å². The molecule has 0 radical (unpaired) electrons. The van der Waals surface area contributed by atoms with Crippen LogP contribution in [0.2, 0.25) is 0 Å². The zero-order valence-corrected chi connectivity index (χ0v) is 22.9. The Morgan fingerprint density at radius 2 is 1.38 bits per heavy atom. The molecule has 2 aromatic rings. The van der Waals surface area contributed by atoms with Crippen molar-refractivity contribution in [1.29, 1.82) is 0 Å². The minimum atomic E-state index is -4.18. The van der Waals surface area contributed by atoms with E-state index < -0.39 is 12.9 Å². The van der Waals surface area contributed by atoms with Gasteiger partial charge in [0.2, 0.25) is 0 Å². The SMILES string of the molecule is CCCCCCCCc1cc(C)c(C(=O)P(=O)(O)c2ccc(C(C)CCCCC)cc2)c(C)c1. The largest absolute Gasteiger partial charge is 0.336 e. The minimum Gasteiger partial charge on any atom is -0.336 e. The lowest BCUT2D eigenvalue weighted by Gasteiger charge is -2.17. The summed E-state index contributed by atoms with van der Waals surface area (Å²) in [6.45, 7) is 10.4. The normalized spacial score (nSPS) is 14.1. The molecule has 0 amide bonds.